The highest BCUT2D eigenvalue weighted by molar-refractivity contribution is 5.32. The Morgan fingerprint density at radius 3 is 2.62 bits per heavy atom. The predicted molar refractivity (Wildman–Crippen MR) is 53.9 cm³/mol. The second-order valence-electron chi connectivity index (χ2n) is 3.68. The van der Waals surface area contributed by atoms with Crippen LogP contribution in [0.25, 0.3) is 0 Å². The third-order valence-corrected chi connectivity index (χ3v) is 2.31. The molecule has 0 heterocycles. The van der Waals surface area contributed by atoms with Gasteiger partial charge in [-0.3, -0.25) is 0 Å². The average molecular weight is 179 g/mol. The van der Waals surface area contributed by atoms with E-state index >= 15 is 0 Å². The average Bonchev–Trinajstić information content (AvgIpc) is 2.08. The van der Waals surface area contributed by atoms with Gasteiger partial charge in [0.1, 0.15) is 0 Å². The van der Waals surface area contributed by atoms with E-state index in [1.807, 2.05) is 0 Å². The van der Waals surface area contributed by atoms with Crippen LogP contribution in [0, 0.1) is 6.92 Å². The van der Waals surface area contributed by atoms with Gasteiger partial charge in [-0.05, 0) is 29.5 Å². The van der Waals surface area contributed by atoms with E-state index in [1.165, 1.54) is 11.1 Å². The molecular weight excluding hydrogens is 162 g/mol. The van der Waals surface area contributed by atoms with E-state index in [2.05, 4.69) is 44.5 Å². The predicted octanol–water partition coefficient (Wildman–Crippen LogP) is 2.60. The molecular formula is C11H17NO. The fourth-order valence-corrected chi connectivity index (χ4v) is 1.33. The van der Waals surface area contributed by atoms with E-state index < -0.39 is 0 Å². The standard InChI is InChI=1S/C11H17NO/c1-8(2)10-5-4-9(3)11(6-10)7-12-13/h4-6,8,12-13H,7H2,1-3H3. The maximum atomic E-state index is 8.62. The van der Waals surface area contributed by atoms with Crippen LogP contribution in [0.5, 0.6) is 0 Å². The Bertz CT molecular complexity index is 281. The van der Waals surface area contributed by atoms with Crippen molar-refractivity contribution in [3.05, 3.63) is 34.9 Å². The third-order valence-electron chi connectivity index (χ3n) is 2.31. The zero-order chi connectivity index (χ0) is 9.84. The molecule has 0 fully saturated rings. The van der Waals surface area contributed by atoms with Crippen LogP contribution >= 0.6 is 0 Å². The van der Waals surface area contributed by atoms with Gasteiger partial charge in [-0.2, -0.15) is 0 Å². The first-order valence-corrected chi connectivity index (χ1v) is 4.61. The Labute approximate surface area is 79.6 Å². The first kappa shape index (κ1) is 10.2. The van der Waals surface area contributed by atoms with Gasteiger partial charge in [0.25, 0.3) is 0 Å². The number of rotatable bonds is 3. The molecule has 0 saturated carbocycles. The molecule has 0 aromatic heterocycles. The lowest BCUT2D eigenvalue weighted by Crippen LogP contribution is -2.08. The summed E-state index contributed by atoms with van der Waals surface area (Å²) < 4.78 is 0. The molecule has 0 amide bonds. The SMILES string of the molecule is Cc1ccc(C(C)C)cc1CNO. The summed E-state index contributed by atoms with van der Waals surface area (Å²) >= 11 is 0. The number of nitrogens with one attached hydrogen (secondary N) is 1. The summed E-state index contributed by atoms with van der Waals surface area (Å²) in [6.45, 7) is 6.91. The zero-order valence-corrected chi connectivity index (χ0v) is 8.46. The van der Waals surface area contributed by atoms with Crippen molar-refractivity contribution in [3.8, 4) is 0 Å². The quantitative estimate of drug-likeness (QED) is 0.699. The van der Waals surface area contributed by atoms with Crippen molar-refractivity contribution in [3.63, 3.8) is 0 Å². The number of hydroxylamine groups is 1. The molecule has 2 nitrogen and oxygen atoms in total. The van der Waals surface area contributed by atoms with Gasteiger partial charge in [0, 0.05) is 6.54 Å². The summed E-state index contributed by atoms with van der Waals surface area (Å²) in [7, 11) is 0. The molecule has 0 unspecified atom stereocenters. The topological polar surface area (TPSA) is 32.3 Å². The minimum Gasteiger partial charge on any atom is -0.316 e. The largest absolute Gasteiger partial charge is 0.316 e. The molecule has 0 saturated heterocycles. The van der Waals surface area contributed by atoms with E-state index in [9.17, 15) is 0 Å². The van der Waals surface area contributed by atoms with Crippen molar-refractivity contribution < 1.29 is 5.21 Å². The van der Waals surface area contributed by atoms with Gasteiger partial charge in [0.05, 0.1) is 0 Å². The van der Waals surface area contributed by atoms with Gasteiger partial charge < -0.3 is 5.21 Å². The molecule has 2 N–H and O–H groups in total. The third kappa shape index (κ3) is 2.54. The lowest BCUT2D eigenvalue weighted by molar-refractivity contribution is 0.161. The summed E-state index contributed by atoms with van der Waals surface area (Å²) in [4.78, 5) is 0. The summed E-state index contributed by atoms with van der Waals surface area (Å²) in [6.07, 6.45) is 0. The van der Waals surface area contributed by atoms with Gasteiger partial charge in [-0.15, -0.1) is 0 Å². The van der Waals surface area contributed by atoms with E-state index in [-0.39, 0.29) is 0 Å². The van der Waals surface area contributed by atoms with E-state index in [0.717, 1.165) is 5.56 Å². The van der Waals surface area contributed by atoms with Gasteiger partial charge >= 0.3 is 0 Å². The highest BCUT2D eigenvalue weighted by atomic mass is 16.5. The number of aryl methyl sites for hydroxylation is 1. The Hall–Kier alpha value is -0.860. The van der Waals surface area contributed by atoms with Crippen molar-refractivity contribution in [2.24, 2.45) is 0 Å². The second kappa shape index (κ2) is 4.40. The van der Waals surface area contributed by atoms with Crippen LogP contribution in [0.4, 0.5) is 0 Å². The van der Waals surface area contributed by atoms with Crippen LogP contribution in [-0.2, 0) is 6.54 Å². The first-order chi connectivity index (χ1) is 6.15. The van der Waals surface area contributed by atoms with E-state index in [0.29, 0.717) is 12.5 Å². The molecule has 0 aliphatic carbocycles. The Kier molecular flexibility index (Phi) is 3.46. The van der Waals surface area contributed by atoms with Crippen LogP contribution in [0.15, 0.2) is 18.2 Å². The molecule has 0 bridgehead atoms. The molecule has 13 heavy (non-hydrogen) atoms. The number of hydrogen-bond donors (Lipinski definition) is 2. The van der Waals surface area contributed by atoms with E-state index in [4.69, 9.17) is 5.21 Å². The molecule has 0 aliphatic heterocycles. The van der Waals surface area contributed by atoms with Crippen LogP contribution in [0.3, 0.4) is 0 Å². The summed E-state index contributed by atoms with van der Waals surface area (Å²) in [5.74, 6) is 0.540. The molecule has 1 rings (SSSR count). The fraction of sp³-hybridized carbons (Fsp3) is 0.455. The molecule has 0 radical (unpaired) electrons. The maximum absolute atomic E-state index is 8.62. The molecule has 1 aromatic rings. The maximum Gasteiger partial charge on any atom is 0.0460 e. The number of benzene rings is 1. The van der Waals surface area contributed by atoms with Gasteiger partial charge in [-0.25, -0.2) is 5.48 Å². The Balaban J connectivity index is 2.97. The van der Waals surface area contributed by atoms with Crippen LogP contribution in [0.1, 0.15) is 36.5 Å². The summed E-state index contributed by atoms with van der Waals surface area (Å²) in [5.41, 5.74) is 5.88. The van der Waals surface area contributed by atoms with Crippen molar-refractivity contribution in [2.45, 2.75) is 33.2 Å². The fourth-order valence-electron chi connectivity index (χ4n) is 1.33. The lowest BCUT2D eigenvalue weighted by atomic mass is 9.98. The molecule has 1 aromatic carbocycles. The lowest BCUT2D eigenvalue weighted by Gasteiger charge is -2.10. The first-order valence-electron chi connectivity index (χ1n) is 4.61. The van der Waals surface area contributed by atoms with Crippen molar-refractivity contribution in [1.29, 1.82) is 0 Å². The molecule has 0 aliphatic rings. The highest BCUT2D eigenvalue weighted by Gasteiger charge is 2.02. The minimum atomic E-state index is 0.520. The van der Waals surface area contributed by atoms with Crippen LogP contribution in [0.2, 0.25) is 0 Å². The molecule has 2 heteroatoms. The molecule has 0 atom stereocenters. The smallest absolute Gasteiger partial charge is 0.0460 e. The second-order valence-corrected chi connectivity index (χ2v) is 3.68. The van der Waals surface area contributed by atoms with Crippen molar-refractivity contribution in [2.75, 3.05) is 0 Å². The summed E-state index contributed by atoms with van der Waals surface area (Å²) in [6, 6.07) is 6.38. The normalized spacial score (nSPS) is 10.8. The summed E-state index contributed by atoms with van der Waals surface area (Å²) in [5, 5.41) is 8.62. The van der Waals surface area contributed by atoms with Crippen molar-refractivity contribution in [1.82, 2.24) is 5.48 Å². The monoisotopic (exact) mass is 179 g/mol. The highest BCUT2D eigenvalue weighted by Crippen LogP contribution is 2.18. The number of hydrogen-bond acceptors (Lipinski definition) is 2. The Morgan fingerprint density at radius 2 is 2.08 bits per heavy atom. The Morgan fingerprint density at radius 1 is 1.38 bits per heavy atom. The van der Waals surface area contributed by atoms with Crippen LogP contribution in [-0.4, -0.2) is 5.21 Å². The van der Waals surface area contributed by atoms with E-state index in [1.54, 1.807) is 0 Å². The van der Waals surface area contributed by atoms with Crippen LogP contribution < -0.4 is 5.48 Å². The van der Waals surface area contributed by atoms with Crippen molar-refractivity contribution >= 4 is 0 Å². The minimum absolute atomic E-state index is 0.520. The van der Waals surface area contributed by atoms with Gasteiger partial charge in [-0.1, -0.05) is 32.0 Å². The zero-order valence-electron chi connectivity index (χ0n) is 8.46. The molecule has 0 spiro atoms. The van der Waals surface area contributed by atoms with Gasteiger partial charge in [0.2, 0.25) is 0 Å². The van der Waals surface area contributed by atoms with Gasteiger partial charge in [0.15, 0.2) is 0 Å². The molecule has 72 valence electrons.